The second-order valence-electron chi connectivity index (χ2n) is 5.14. The van der Waals surface area contributed by atoms with Crippen LogP contribution < -0.4 is 0 Å². The lowest BCUT2D eigenvalue weighted by atomic mass is 9.97. The molecule has 6 nitrogen and oxygen atoms in total. The fraction of sp³-hybridized carbons (Fsp3) is 0.643. The molecule has 20 heavy (non-hydrogen) atoms. The first-order valence-electron chi connectivity index (χ1n) is 6.99. The van der Waals surface area contributed by atoms with Gasteiger partial charge in [0, 0.05) is 26.3 Å². The van der Waals surface area contributed by atoms with Crippen molar-refractivity contribution >= 4 is 11.9 Å². The molecule has 1 aliphatic heterocycles. The van der Waals surface area contributed by atoms with Crippen LogP contribution in [-0.2, 0) is 16.6 Å². The van der Waals surface area contributed by atoms with Crippen LogP contribution in [0.25, 0.3) is 0 Å². The Kier molecular flexibility index (Phi) is 4.42. The topological polar surface area (TPSA) is 64.4 Å². The van der Waals surface area contributed by atoms with E-state index in [1.807, 2.05) is 6.92 Å². The molecule has 1 fully saturated rings. The van der Waals surface area contributed by atoms with Crippen molar-refractivity contribution in [1.29, 1.82) is 0 Å². The number of carbonyl (C=O) groups is 2. The van der Waals surface area contributed by atoms with Gasteiger partial charge in [-0.15, -0.1) is 0 Å². The predicted octanol–water partition coefficient (Wildman–Crippen LogP) is 1.14. The van der Waals surface area contributed by atoms with Crippen LogP contribution in [0, 0.1) is 12.8 Å². The highest BCUT2D eigenvalue weighted by atomic mass is 16.5. The fourth-order valence-corrected chi connectivity index (χ4v) is 2.59. The zero-order valence-corrected chi connectivity index (χ0v) is 12.3. The average molecular weight is 279 g/mol. The van der Waals surface area contributed by atoms with Gasteiger partial charge in [-0.25, -0.2) is 0 Å². The number of nitrogens with zero attached hydrogens (tertiary/aromatic N) is 3. The first-order chi connectivity index (χ1) is 9.52. The minimum Gasteiger partial charge on any atom is -0.466 e. The Morgan fingerprint density at radius 3 is 2.85 bits per heavy atom. The molecule has 0 aliphatic carbocycles. The Balaban J connectivity index is 2.07. The molecule has 0 bridgehead atoms. The van der Waals surface area contributed by atoms with Gasteiger partial charge in [0.05, 0.1) is 23.8 Å². The third kappa shape index (κ3) is 3.00. The summed E-state index contributed by atoms with van der Waals surface area (Å²) in [5.74, 6) is -0.456. The highest BCUT2D eigenvalue weighted by molar-refractivity contribution is 5.95. The molecule has 0 spiro atoms. The molecule has 0 aromatic carbocycles. The van der Waals surface area contributed by atoms with Crippen molar-refractivity contribution in [3.05, 3.63) is 17.5 Å². The van der Waals surface area contributed by atoms with Crippen LogP contribution in [0.1, 0.15) is 35.8 Å². The maximum atomic E-state index is 12.5. The number of amides is 1. The Morgan fingerprint density at radius 2 is 2.25 bits per heavy atom. The highest BCUT2D eigenvalue weighted by Gasteiger charge is 2.30. The van der Waals surface area contributed by atoms with Crippen molar-refractivity contribution in [1.82, 2.24) is 14.7 Å². The van der Waals surface area contributed by atoms with Gasteiger partial charge in [0.1, 0.15) is 0 Å². The van der Waals surface area contributed by atoms with Crippen LogP contribution >= 0.6 is 0 Å². The summed E-state index contributed by atoms with van der Waals surface area (Å²) in [7, 11) is 1.79. The molecule has 1 aromatic rings. The maximum absolute atomic E-state index is 12.5. The molecular weight excluding hydrogens is 258 g/mol. The van der Waals surface area contributed by atoms with Crippen molar-refractivity contribution in [2.45, 2.75) is 26.7 Å². The molecule has 1 amide bonds. The fourth-order valence-electron chi connectivity index (χ4n) is 2.59. The molecule has 0 unspecified atom stereocenters. The minimum absolute atomic E-state index is 0.0513. The van der Waals surface area contributed by atoms with Gasteiger partial charge in [-0.05, 0) is 26.7 Å². The van der Waals surface area contributed by atoms with E-state index in [1.165, 1.54) is 0 Å². The van der Waals surface area contributed by atoms with Gasteiger partial charge in [-0.3, -0.25) is 14.3 Å². The van der Waals surface area contributed by atoms with Crippen molar-refractivity contribution in [2.24, 2.45) is 13.0 Å². The number of aryl methyl sites for hydroxylation is 2. The molecule has 1 saturated heterocycles. The maximum Gasteiger partial charge on any atom is 0.310 e. The zero-order chi connectivity index (χ0) is 14.7. The molecule has 110 valence electrons. The monoisotopic (exact) mass is 279 g/mol. The number of carbonyl (C=O) groups excluding carboxylic acids is 2. The van der Waals surface area contributed by atoms with Crippen molar-refractivity contribution in [3.8, 4) is 0 Å². The minimum atomic E-state index is -0.204. The van der Waals surface area contributed by atoms with Crippen LogP contribution in [-0.4, -0.2) is 46.3 Å². The standard InChI is InChI=1S/C14H21N3O3/c1-4-20-14(19)11-6-5-7-17(8-11)13(18)12-9-16(3)15-10(12)2/h9,11H,4-8H2,1-3H3/t11-/m1/s1. The van der Waals surface area contributed by atoms with Gasteiger partial charge < -0.3 is 9.64 Å². The van der Waals surface area contributed by atoms with E-state index in [4.69, 9.17) is 4.74 Å². The predicted molar refractivity (Wildman–Crippen MR) is 73.2 cm³/mol. The summed E-state index contributed by atoms with van der Waals surface area (Å²) in [6.07, 6.45) is 3.34. The second kappa shape index (κ2) is 6.07. The lowest BCUT2D eigenvalue weighted by Gasteiger charge is -2.31. The summed E-state index contributed by atoms with van der Waals surface area (Å²) in [6.45, 7) is 5.11. The van der Waals surface area contributed by atoms with Gasteiger partial charge in [0.15, 0.2) is 0 Å². The third-order valence-corrected chi connectivity index (χ3v) is 3.57. The summed E-state index contributed by atoms with van der Waals surface area (Å²) < 4.78 is 6.68. The number of rotatable bonds is 3. The number of likely N-dealkylation sites (tertiary alicyclic amines) is 1. The second-order valence-corrected chi connectivity index (χ2v) is 5.14. The summed E-state index contributed by atoms with van der Waals surface area (Å²) in [4.78, 5) is 26.0. The SMILES string of the molecule is CCOC(=O)[C@@H]1CCCN(C(=O)c2cn(C)nc2C)C1. The van der Waals surface area contributed by atoms with E-state index in [-0.39, 0.29) is 17.8 Å². The van der Waals surface area contributed by atoms with E-state index >= 15 is 0 Å². The molecule has 0 saturated carbocycles. The molecule has 1 aromatic heterocycles. The molecule has 1 aliphatic rings. The van der Waals surface area contributed by atoms with E-state index in [0.717, 1.165) is 18.5 Å². The first kappa shape index (κ1) is 14.6. The summed E-state index contributed by atoms with van der Waals surface area (Å²) >= 11 is 0. The van der Waals surface area contributed by atoms with E-state index in [2.05, 4.69) is 5.10 Å². The van der Waals surface area contributed by atoms with Crippen LogP contribution in [0.3, 0.4) is 0 Å². The van der Waals surface area contributed by atoms with Crippen molar-refractivity contribution in [2.75, 3.05) is 19.7 Å². The van der Waals surface area contributed by atoms with Crippen LogP contribution in [0.15, 0.2) is 6.20 Å². The van der Waals surface area contributed by atoms with E-state index in [0.29, 0.717) is 25.3 Å². The molecule has 0 radical (unpaired) electrons. The zero-order valence-electron chi connectivity index (χ0n) is 12.3. The molecule has 2 heterocycles. The van der Waals surface area contributed by atoms with Gasteiger partial charge >= 0.3 is 5.97 Å². The molecule has 2 rings (SSSR count). The summed E-state index contributed by atoms with van der Waals surface area (Å²) in [6, 6.07) is 0. The quantitative estimate of drug-likeness (QED) is 0.778. The van der Waals surface area contributed by atoms with E-state index < -0.39 is 0 Å². The van der Waals surface area contributed by atoms with E-state index in [1.54, 1.807) is 29.7 Å². The largest absolute Gasteiger partial charge is 0.466 e. The Labute approximate surface area is 118 Å². The van der Waals surface area contributed by atoms with Gasteiger partial charge in [0.25, 0.3) is 5.91 Å². The van der Waals surface area contributed by atoms with Gasteiger partial charge in [-0.1, -0.05) is 0 Å². The smallest absolute Gasteiger partial charge is 0.310 e. The molecule has 1 atom stereocenters. The molecular formula is C14H21N3O3. The number of aromatic nitrogens is 2. The lowest BCUT2D eigenvalue weighted by molar-refractivity contribution is -0.149. The van der Waals surface area contributed by atoms with E-state index in [9.17, 15) is 9.59 Å². The number of hydrogen-bond acceptors (Lipinski definition) is 4. The number of ether oxygens (including phenoxy) is 1. The molecule has 0 N–H and O–H groups in total. The average Bonchev–Trinajstić information content (AvgIpc) is 2.77. The molecule has 6 heteroatoms. The van der Waals surface area contributed by atoms with Crippen molar-refractivity contribution < 1.29 is 14.3 Å². The third-order valence-electron chi connectivity index (χ3n) is 3.57. The number of hydrogen-bond donors (Lipinski definition) is 0. The lowest BCUT2D eigenvalue weighted by Crippen LogP contribution is -2.42. The normalized spacial score (nSPS) is 18.9. The summed E-state index contributed by atoms with van der Waals surface area (Å²) in [5.41, 5.74) is 1.33. The van der Waals surface area contributed by atoms with Crippen molar-refractivity contribution in [3.63, 3.8) is 0 Å². The number of piperidine rings is 1. The van der Waals surface area contributed by atoms with Crippen LogP contribution in [0.2, 0.25) is 0 Å². The van der Waals surface area contributed by atoms with Crippen LogP contribution in [0.4, 0.5) is 0 Å². The van der Waals surface area contributed by atoms with Crippen LogP contribution in [0.5, 0.6) is 0 Å². The number of esters is 1. The Bertz CT molecular complexity index is 510. The van der Waals surface area contributed by atoms with Gasteiger partial charge in [-0.2, -0.15) is 5.10 Å². The first-order valence-corrected chi connectivity index (χ1v) is 6.99. The van der Waals surface area contributed by atoms with Gasteiger partial charge in [0.2, 0.25) is 0 Å². The summed E-state index contributed by atoms with van der Waals surface area (Å²) in [5, 5.41) is 4.19. The Morgan fingerprint density at radius 1 is 1.50 bits per heavy atom. The highest BCUT2D eigenvalue weighted by Crippen LogP contribution is 2.20. The Hall–Kier alpha value is -1.85.